The Morgan fingerprint density at radius 3 is 2.05 bits per heavy atom. The van der Waals surface area contributed by atoms with E-state index in [0.29, 0.717) is 32.5 Å². The van der Waals surface area contributed by atoms with E-state index < -0.39 is 0 Å². The first kappa shape index (κ1) is 35.4. The summed E-state index contributed by atoms with van der Waals surface area (Å²) in [6, 6.07) is 14.7. The number of benzene rings is 2. The number of aryl methyl sites for hydroxylation is 2. The van der Waals surface area contributed by atoms with Crippen LogP contribution in [0, 0.1) is 25.6 Å². The number of nitrogens with zero attached hydrogens (tertiary/aromatic N) is 1. The van der Waals surface area contributed by atoms with Crippen molar-refractivity contribution in [2.24, 2.45) is 10.9 Å². The molecule has 211 valence electrons. The van der Waals surface area contributed by atoms with E-state index in [-0.39, 0.29) is 29.4 Å². The van der Waals surface area contributed by atoms with Gasteiger partial charge in [0.1, 0.15) is 5.78 Å². The molecule has 2 atom stereocenters. The zero-order valence-corrected chi connectivity index (χ0v) is 30.4. The van der Waals surface area contributed by atoms with Crippen LogP contribution < -0.4 is 5.32 Å². The Kier molecular flexibility index (Phi) is 17.2. The summed E-state index contributed by atoms with van der Waals surface area (Å²) in [7, 11) is 0. The summed E-state index contributed by atoms with van der Waals surface area (Å²) in [5.41, 5.74) is 6.05. The quantitative estimate of drug-likeness (QED) is 0.121. The number of ketones is 1. The van der Waals surface area contributed by atoms with E-state index in [1.165, 1.54) is 51.8 Å². The molecule has 0 aliphatic heterocycles. The SMILES string of the molecule is C=[C]([Hg])/C(CCC)=C(/CC)NC=NC(c1ccc(F)cc1)C1C=CC(F)=CC1.CC(C)=O.Cc1ccc(C)cc1. The first-order valence-corrected chi connectivity index (χ1v) is 16.5. The van der Waals surface area contributed by atoms with Crippen molar-refractivity contribution < 1.29 is 39.7 Å². The van der Waals surface area contributed by atoms with Crippen molar-refractivity contribution in [3.05, 3.63) is 116 Å². The van der Waals surface area contributed by atoms with Crippen molar-refractivity contribution in [3.8, 4) is 0 Å². The van der Waals surface area contributed by atoms with Crippen LogP contribution in [-0.4, -0.2) is 12.1 Å². The standard InChI is InChI=1S/C23H27F2N2.C8H10.C3H6O.Hg/c1-4-7-17(5-2)22(6-3)26-16-27-23(18-8-12-20(24)13-9-18)19-10-14-21(25)15-11-19;1-7-3-5-8(2)6-4-7;1-3(2)4;/h8-10,12-16,19,23H,2,4,6-7,11H2,1,3H3,(H,26,27);3-6H,1-2H3;1-2H3;/b22-17+;;;. The topological polar surface area (TPSA) is 41.5 Å². The molecule has 0 fully saturated rings. The molecule has 40 heavy (non-hydrogen) atoms. The average molecular weight is 734 g/mol. The average Bonchev–Trinajstić information content (AvgIpc) is 2.91. The van der Waals surface area contributed by atoms with Crippen molar-refractivity contribution in [1.29, 1.82) is 0 Å². The van der Waals surface area contributed by atoms with E-state index in [0.717, 1.165) is 30.5 Å². The van der Waals surface area contributed by atoms with Gasteiger partial charge in [-0.05, 0) is 27.7 Å². The summed E-state index contributed by atoms with van der Waals surface area (Å²) in [6.45, 7) is 15.7. The van der Waals surface area contributed by atoms with Crippen LogP contribution in [-0.2, 0) is 30.9 Å². The minimum Gasteiger partial charge on any atom is -0.300 e. The number of hydrogen-bond acceptors (Lipinski definition) is 2. The van der Waals surface area contributed by atoms with Gasteiger partial charge in [0, 0.05) is 0 Å². The first-order chi connectivity index (χ1) is 19.0. The number of hydrogen-bond donors (Lipinski definition) is 1. The van der Waals surface area contributed by atoms with Crippen LogP contribution in [0.5, 0.6) is 0 Å². The first-order valence-electron chi connectivity index (χ1n) is 13.8. The number of carbonyl (C=O) groups is 1. The molecule has 3 nitrogen and oxygen atoms in total. The number of halogens is 2. The third-order valence-corrected chi connectivity index (χ3v) is 7.70. The Hall–Kier alpha value is -2.66. The second-order valence-electron chi connectivity index (χ2n) is 9.99. The number of Topliss-reactive ketones (excluding diaryl/α,β-unsaturated/α-hetero) is 1. The van der Waals surface area contributed by atoms with Gasteiger partial charge in [0.25, 0.3) is 0 Å². The molecular formula is C34H43F2HgN2O. The Morgan fingerprint density at radius 2 is 1.62 bits per heavy atom. The molecule has 1 N–H and O–H groups in total. The third kappa shape index (κ3) is 14.1. The molecule has 0 bridgehead atoms. The van der Waals surface area contributed by atoms with Crippen molar-refractivity contribution in [2.45, 2.75) is 73.3 Å². The fraction of sp³-hybridized carbons (Fsp3) is 0.353. The van der Waals surface area contributed by atoms with Gasteiger partial charge in [0.05, 0.1) is 0 Å². The van der Waals surface area contributed by atoms with Crippen LogP contribution in [0.3, 0.4) is 0 Å². The largest absolute Gasteiger partial charge is 0.300 e. The molecule has 6 heteroatoms. The van der Waals surface area contributed by atoms with Crippen LogP contribution in [0.2, 0.25) is 0 Å². The second-order valence-corrected chi connectivity index (χ2v) is 13.3. The molecular weight excluding hydrogens is 691 g/mol. The molecule has 2 aromatic rings. The van der Waals surface area contributed by atoms with Gasteiger partial charge in [-0.15, -0.1) is 0 Å². The van der Waals surface area contributed by atoms with Gasteiger partial charge in [0.2, 0.25) is 0 Å². The Morgan fingerprint density at radius 1 is 1.07 bits per heavy atom. The van der Waals surface area contributed by atoms with Crippen LogP contribution in [0.4, 0.5) is 8.78 Å². The van der Waals surface area contributed by atoms with Gasteiger partial charge >= 0.3 is 184 Å². The van der Waals surface area contributed by atoms with Gasteiger partial charge in [-0.3, -0.25) is 0 Å². The summed E-state index contributed by atoms with van der Waals surface area (Å²) in [4.78, 5) is 14.2. The molecule has 1 aliphatic rings. The summed E-state index contributed by atoms with van der Waals surface area (Å²) >= 11 is 0.498. The molecule has 3 rings (SSSR count). The Balaban J connectivity index is 0.000000550. The summed E-state index contributed by atoms with van der Waals surface area (Å²) in [5.74, 6) is -0.296. The third-order valence-electron chi connectivity index (χ3n) is 6.04. The summed E-state index contributed by atoms with van der Waals surface area (Å²) < 4.78 is 28.0. The fourth-order valence-corrected chi connectivity index (χ4v) is 5.49. The minimum atomic E-state index is -0.276. The number of aliphatic imine (C=N–C) groups is 1. The maximum Gasteiger partial charge on any atom is 0.126 e. The van der Waals surface area contributed by atoms with Crippen LogP contribution in [0.1, 0.15) is 76.1 Å². The zero-order chi connectivity index (χ0) is 30.1. The van der Waals surface area contributed by atoms with Crippen LogP contribution >= 0.6 is 0 Å². The summed E-state index contributed by atoms with van der Waals surface area (Å²) in [5, 5.41) is 3.37. The molecule has 0 spiro atoms. The molecule has 0 radical (unpaired) electrons. The van der Waals surface area contributed by atoms with Crippen molar-refractivity contribution in [1.82, 2.24) is 5.32 Å². The number of nitrogens with one attached hydrogen (secondary N) is 1. The van der Waals surface area contributed by atoms with Crippen molar-refractivity contribution >= 4 is 12.1 Å². The van der Waals surface area contributed by atoms with E-state index in [2.05, 4.69) is 63.9 Å². The molecule has 0 saturated heterocycles. The van der Waals surface area contributed by atoms with E-state index >= 15 is 0 Å². The number of carbonyl (C=O) groups excluding carboxylic acids is 1. The van der Waals surface area contributed by atoms with E-state index in [1.807, 2.05) is 6.08 Å². The van der Waals surface area contributed by atoms with Crippen LogP contribution in [0.15, 0.2) is 98.5 Å². The van der Waals surface area contributed by atoms with E-state index in [1.54, 1.807) is 24.5 Å². The molecule has 1 aliphatic carbocycles. The van der Waals surface area contributed by atoms with Gasteiger partial charge in [0.15, 0.2) is 0 Å². The predicted molar refractivity (Wildman–Crippen MR) is 161 cm³/mol. The monoisotopic (exact) mass is 735 g/mol. The normalized spacial score (nSPS) is 15.6. The number of rotatable bonds is 9. The molecule has 0 heterocycles. The molecule has 2 aromatic carbocycles. The van der Waals surface area contributed by atoms with Crippen LogP contribution in [0.25, 0.3) is 0 Å². The molecule has 0 amide bonds. The maximum absolute atomic E-state index is 13.4. The smallest absolute Gasteiger partial charge is 0.126 e. The fourth-order valence-electron chi connectivity index (χ4n) is 3.97. The minimum absolute atomic E-state index is 0.0312. The second kappa shape index (κ2) is 19.4. The van der Waals surface area contributed by atoms with Gasteiger partial charge < -0.3 is 4.79 Å². The number of allylic oxidation sites excluding steroid dienone is 6. The van der Waals surface area contributed by atoms with Gasteiger partial charge in [-0.1, -0.05) is 35.4 Å². The predicted octanol–water partition coefficient (Wildman–Crippen LogP) is 9.34. The summed E-state index contributed by atoms with van der Waals surface area (Å²) in [6.07, 6.45) is 10.2. The Bertz CT molecular complexity index is 1170. The van der Waals surface area contributed by atoms with Gasteiger partial charge in [-0.2, -0.15) is 0 Å². The van der Waals surface area contributed by atoms with Crippen molar-refractivity contribution in [3.63, 3.8) is 0 Å². The van der Waals surface area contributed by atoms with E-state index in [4.69, 9.17) is 4.99 Å². The Labute approximate surface area is 256 Å². The zero-order valence-electron chi connectivity index (χ0n) is 24.9. The molecule has 0 saturated carbocycles. The molecule has 0 aromatic heterocycles. The maximum atomic E-state index is 13.4. The van der Waals surface area contributed by atoms with Crippen molar-refractivity contribution in [2.75, 3.05) is 0 Å². The van der Waals surface area contributed by atoms with E-state index in [9.17, 15) is 13.6 Å². The van der Waals surface area contributed by atoms with Gasteiger partial charge in [-0.25, -0.2) is 0 Å². The molecule has 2 unspecified atom stereocenters.